The summed E-state index contributed by atoms with van der Waals surface area (Å²) in [6, 6.07) is 0. The standard InChI is InChI=1S/C11H21N3O/c1-11(3-2-4-11)13-10(15)9-14-7-5-12-6-8-14/h12H,2-9H2,1H3,(H,13,15). The van der Waals surface area contributed by atoms with E-state index in [0.717, 1.165) is 39.0 Å². The minimum atomic E-state index is 0.102. The molecule has 1 saturated heterocycles. The van der Waals surface area contributed by atoms with Crippen molar-refractivity contribution in [2.75, 3.05) is 32.7 Å². The Morgan fingerprint density at radius 2 is 2.07 bits per heavy atom. The molecule has 1 aliphatic carbocycles. The molecule has 1 saturated carbocycles. The van der Waals surface area contributed by atoms with Gasteiger partial charge in [0.25, 0.3) is 0 Å². The summed E-state index contributed by atoms with van der Waals surface area (Å²) < 4.78 is 0. The van der Waals surface area contributed by atoms with E-state index in [0.29, 0.717) is 6.54 Å². The largest absolute Gasteiger partial charge is 0.350 e. The number of hydrogen-bond acceptors (Lipinski definition) is 3. The van der Waals surface area contributed by atoms with Crippen LogP contribution in [0.1, 0.15) is 26.2 Å². The molecule has 1 heterocycles. The fraction of sp³-hybridized carbons (Fsp3) is 0.909. The highest BCUT2D eigenvalue weighted by atomic mass is 16.2. The summed E-state index contributed by atoms with van der Waals surface area (Å²) in [6.45, 7) is 6.70. The third kappa shape index (κ3) is 2.92. The normalized spacial score (nSPS) is 25.7. The summed E-state index contributed by atoms with van der Waals surface area (Å²) in [5, 5.41) is 6.42. The van der Waals surface area contributed by atoms with Gasteiger partial charge >= 0.3 is 0 Å². The smallest absolute Gasteiger partial charge is 0.234 e. The van der Waals surface area contributed by atoms with E-state index in [2.05, 4.69) is 22.5 Å². The average molecular weight is 211 g/mol. The number of nitrogens with one attached hydrogen (secondary N) is 2. The van der Waals surface area contributed by atoms with Crippen molar-refractivity contribution < 1.29 is 4.79 Å². The fourth-order valence-electron chi connectivity index (χ4n) is 2.28. The van der Waals surface area contributed by atoms with E-state index in [4.69, 9.17) is 0 Å². The lowest BCUT2D eigenvalue weighted by atomic mass is 9.78. The second-order valence-corrected chi connectivity index (χ2v) is 4.99. The zero-order chi connectivity index (χ0) is 10.7. The van der Waals surface area contributed by atoms with Crippen molar-refractivity contribution in [1.29, 1.82) is 0 Å². The molecule has 0 aromatic carbocycles. The minimum absolute atomic E-state index is 0.102. The third-order valence-corrected chi connectivity index (χ3v) is 3.48. The van der Waals surface area contributed by atoms with Crippen molar-refractivity contribution in [2.45, 2.75) is 31.7 Å². The molecule has 0 radical (unpaired) electrons. The van der Waals surface area contributed by atoms with E-state index < -0.39 is 0 Å². The van der Waals surface area contributed by atoms with Crippen LogP contribution in [0.3, 0.4) is 0 Å². The van der Waals surface area contributed by atoms with Gasteiger partial charge in [-0.1, -0.05) is 0 Å². The molecule has 2 rings (SSSR count). The molecule has 15 heavy (non-hydrogen) atoms. The highest BCUT2D eigenvalue weighted by Crippen LogP contribution is 2.30. The lowest BCUT2D eigenvalue weighted by Gasteiger charge is -2.39. The molecule has 2 fully saturated rings. The van der Waals surface area contributed by atoms with Crippen LogP contribution in [0.15, 0.2) is 0 Å². The highest BCUT2D eigenvalue weighted by molar-refractivity contribution is 5.79. The van der Waals surface area contributed by atoms with Crippen LogP contribution in [-0.2, 0) is 4.79 Å². The summed E-state index contributed by atoms with van der Waals surface area (Å²) in [6.07, 6.45) is 3.53. The summed E-state index contributed by atoms with van der Waals surface area (Å²) in [5.41, 5.74) is 0.102. The molecular formula is C11H21N3O. The number of amides is 1. The van der Waals surface area contributed by atoms with Crippen LogP contribution in [0.25, 0.3) is 0 Å². The molecule has 1 amide bonds. The van der Waals surface area contributed by atoms with Crippen LogP contribution in [0.4, 0.5) is 0 Å². The van der Waals surface area contributed by atoms with Gasteiger partial charge in [0.1, 0.15) is 0 Å². The first-order valence-electron chi connectivity index (χ1n) is 5.92. The third-order valence-electron chi connectivity index (χ3n) is 3.48. The predicted molar refractivity (Wildman–Crippen MR) is 59.7 cm³/mol. The van der Waals surface area contributed by atoms with Gasteiger partial charge in [0.2, 0.25) is 5.91 Å². The molecule has 86 valence electrons. The molecule has 0 spiro atoms. The first-order chi connectivity index (χ1) is 7.18. The van der Waals surface area contributed by atoms with E-state index in [-0.39, 0.29) is 11.4 Å². The Hall–Kier alpha value is -0.610. The SMILES string of the molecule is CC1(NC(=O)CN2CCNCC2)CCC1. The van der Waals surface area contributed by atoms with Crippen molar-refractivity contribution in [2.24, 2.45) is 0 Å². The molecule has 2 aliphatic rings. The van der Waals surface area contributed by atoms with Crippen LogP contribution in [0.5, 0.6) is 0 Å². The molecule has 1 aliphatic heterocycles. The maximum Gasteiger partial charge on any atom is 0.234 e. The molecule has 0 atom stereocenters. The van der Waals surface area contributed by atoms with Gasteiger partial charge in [-0.2, -0.15) is 0 Å². The number of nitrogens with zero attached hydrogens (tertiary/aromatic N) is 1. The van der Waals surface area contributed by atoms with Crippen molar-refractivity contribution in [3.63, 3.8) is 0 Å². The Morgan fingerprint density at radius 3 is 2.60 bits per heavy atom. The molecule has 4 nitrogen and oxygen atoms in total. The molecular weight excluding hydrogens is 190 g/mol. The quantitative estimate of drug-likeness (QED) is 0.688. The Kier molecular flexibility index (Phi) is 3.26. The number of piperazine rings is 1. The van der Waals surface area contributed by atoms with Crippen molar-refractivity contribution in [3.8, 4) is 0 Å². The number of carbonyl (C=O) groups is 1. The van der Waals surface area contributed by atoms with E-state index >= 15 is 0 Å². The van der Waals surface area contributed by atoms with Gasteiger partial charge < -0.3 is 10.6 Å². The highest BCUT2D eigenvalue weighted by Gasteiger charge is 2.33. The topological polar surface area (TPSA) is 44.4 Å². The summed E-state index contributed by atoms with van der Waals surface area (Å²) >= 11 is 0. The summed E-state index contributed by atoms with van der Waals surface area (Å²) in [5.74, 6) is 0.194. The Bertz CT molecular complexity index is 232. The van der Waals surface area contributed by atoms with Gasteiger partial charge in [-0.15, -0.1) is 0 Å². The zero-order valence-corrected chi connectivity index (χ0v) is 9.51. The van der Waals surface area contributed by atoms with Gasteiger partial charge in [0.15, 0.2) is 0 Å². The molecule has 0 unspecified atom stereocenters. The van der Waals surface area contributed by atoms with E-state index in [1.165, 1.54) is 6.42 Å². The fourth-order valence-corrected chi connectivity index (χ4v) is 2.28. The Labute approximate surface area is 91.4 Å². The van der Waals surface area contributed by atoms with Gasteiger partial charge in [0, 0.05) is 31.7 Å². The molecule has 0 aromatic heterocycles. The van der Waals surface area contributed by atoms with E-state index in [1.54, 1.807) is 0 Å². The second kappa shape index (κ2) is 4.49. The van der Waals surface area contributed by atoms with Crippen LogP contribution >= 0.6 is 0 Å². The van der Waals surface area contributed by atoms with Gasteiger partial charge in [-0.05, 0) is 26.2 Å². The minimum Gasteiger partial charge on any atom is -0.350 e. The molecule has 0 aromatic rings. The molecule has 0 bridgehead atoms. The maximum atomic E-state index is 11.7. The first-order valence-corrected chi connectivity index (χ1v) is 5.92. The first kappa shape index (κ1) is 10.9. The van der Waals surface area contributed by atoms with Crippen LogP contribution in [0, 0.1) is 0 Å². The summed E-state index contributed by atoms with van der Waals surface area (Å²) in [4.78, 5) is 14.0. The lowest BCUT2D eigenvalue weighted by molar-refractivity contribution is -0.125. The van der Waals surface area contributed by atoms with Crippen LogP contribution in [0.2, 0.25) is 0 Å². The van der Waals surface area contributed by atoms with Gasteiger partial charge in [-0.25, -0.2) is 0 Å². The molecule has 4 heteroatoms. The monoisotopic (exact) mass is 211 g/mol. The molecule has 2 N–H and O–H groups in total. The Balaban J connectivity index is 1.71. The van der Waals surface area contributed by atoms with Gasteiger partial charge in [-0.3, -0.25) is 9.69 Å². The number of hydrogen-bond donors (Lipinski definition) is 2. The van der Waals surface area contributed by atoms with E-state index in [9.17, 15) is 4.79 Å². The number of carbonyl (C=O) groups excluding carboxylic acids is 1. The zero-order valence-electron chi connectivity index (χ0n) is 9.51. The number of rotatable bonds is 3. The van der Waals surface area contributed by atoms with Crippen LogP contribution in [-0.4, -0.2) is 49.1 Å². The maximum absolute atomic E-state index is 11.7. The summed E-state index contributed by atoms with van der Waals surface area (Å²) in [7, 11) is 0. The predicted octanol–water partition coefficient (Wildman–Crippen LogP) is -0.0496. The van der Waals surface area contributed by atoms with Crippen molar-refractivity contribution in [1.82, 2.24) is 15.5 Å². The van der Waals surface area contributed by atoms with E-state index in [1.807, 2.05) is 0 Å². The van der Waals surface area contributed by atoms with Crippen LogP contribution < -0.4 is 10.6 Å². The van der Waals surface area contributed by atoms with Gasteiger partial charge in [0.05, 0.1) is 6.54 Å². The van der Waals surface area contributed by atoms with Crippen molar-refractivity contribution >= 4 is 5.91 Å². The Morgan fingerprint density at radius 1 is 1.40 bits per heavy atom. The second-order valence-electron chi connectivity index (χ2n) is 4.99. The average Bonchev–Trinajstić information content (AvgIpc) is 2.16. The lowest BCUT2D eigenvalue weighted by Crippen LogP contribution is -2.55. The van der Waals surface area contributed by atoms with Crippen molar-refractivity contribution in [3.05, 3.63) is 0 Å².